The number of para-hydroxylation sites is 1. The zero-order valence-corrected chi connectivity index (χ0v) is 22.7. The number of hydrogen-bond acceptors (Lipinski definition) is 7. The van der Waals surface area contributed by atoms with Crippen molar-refractivity contribution >= 4 is 34.6 Å². The Labute approximate surface area is 231 Å². The summed E-state index contributed by atoms with van der Waals surface area (Å²) in [4.78, 5) is 61.0. The molecule has 13 heteroatoms. The van der Waals surface area contributed by atoms with E-state index in [0.717, 1.165) is 10.9 Å². The van der Waals surface area contributed by atoms with Crippen LogP contribution < -0.4 is 21.7 Å². The maximum Gasteiger partial charge on any atom is 0.326 e. The van der Waals surface area contributed by atoms with Crippen LogP contribution in [-0.2, 0) is 32.0 Å². The van der Waals surface area contributed by atoms with Gasteiger partial charge in [0.05, 0.1) is 18.5 Å². The van der Waals surface area contributed by atoms with Gasteiger partial charge in [-0.3, -0.25) is 14.4 Å². The first kappa shape index (κ1) is 30.3. The molecule has 5 unspecified atom stereocenters. The Morgan fingerprint density at radius 3 is 2.27 bits per heavy atom. The number of fused-ring (bicyclic) bond motifs is 1. The number of nitrogens with two attached hydrogens (primary N) is 1. The molecule has 0 fully saturated rings. The molecular formula is C27H37N7O6. The minimum atomic E-state index is -1.40. The van der Waals surface area contributed by atoms with Gasteiger partial charge in [-0.2, -0.15) is 0 Å². The Morgan fingerprint density at radius 2 is 1.65 bits per heavy atom. The molecule has 13 nitrogen and oxygen atoms in total. The first-order chi connectivity index (χ1) is 19.0. The van der Waals surface area contributed by atoms with E-state index in [4.69, 9.17) is 5.73 Å². The maximum atomic E-state index is 13.4. The van der Waals surface area contributed by atoms with Crippen LogP contribution in [0.4, 0.5) is 0 Å². The monoisotopic (exact) mass is 555 g/mol. The van der Waals surface area contributed by atoms with Crippen LogP contribution in [0.1, 0.15) is 38.4 Å². The smallest absolute Gasteiger partial charge is 0.326 e. The van der Waals surface area contributed by atoms with Crippen LogP contribution in [0, 0.1) is 5.92 Å². The molecule has 0 aliphatic rings. The average Bonchev–Trinajstić information content (AvgIpc) is 3.55. The summed E-state index contributed by atoms with van der Waals surface area (Å²) >= 11 is 0. The average molecular weight is 556 g/mol. The fourth-order valence-electron chi connectivity index (χ4n) is 4.36. The van der Waals surface area contributed by atoms with Crippen molar-refractivity contribution < 1.29 is 29.4 Å². The number of aliphatic carboxylic acids is 1. The Kier molecular flexibility index (Phi) is 10.4. The van der Waals surface area contributed by atoms with Crippen molar-refractivity contribution in [2.75, 3.05) is 0 Å². The van der Waals surface area contributed by atoms with E-state index in [1.54, 1.807) is 6.20 Å². The van der Waals surface area contributed by atoms with Crippen molar-refractivity contribution in [3.05, 3.63) is 54.2 Å². The fourth-order valence-corrected chi connectivity index (χ4v) is 4.36. The molecule has 0 spiro atoms. The number of hydrogen-bond donors (Lipinski definition) is 8. The topological polar surface area (TPSA) is 215 Å². The normalized spacial score (nSPS) is 15.2. The van der Waals surface area contributed by atoms with Gasteiger partial charge < -0.3 is 41.9 Å². The second-order valence-corrected chi connectivity index (χ2v) is 10.3. The third kappa shape index (κ3) is 8.13. The number of aliphatic hydroxyl groups is 1. The highest BCUT2D eigenvalue weighted by Gasteiger charge is 2.33. The van der Waals surface area contributed by atoms with Gasteiger partial charge in [0.15, 0.2) is 0 Å². The maximum absolute atomic E-state index is 13.4. The first-order valence-corrected chi connectivity index (χ1v) is 13.1. The van der Waals surface area contributed by atoms with Gasteiger partial charge in [0, 0.05) is 41.8 Å². The van der Waals surface area contributed by atoms with E-state index in [9.17, 15) is 29.4 Å². The molecule has 0 saturated heterocycles. The molecule has 0 aliphatic heterocycles. The predicted octanol–water partition coefficient (Wildman–Crippen LogP) is -0.0306. The van der Waals surface area contributed by atoms with Gasteiger partial charge in [-0.25, -0.2) is 9.78 Å². The number of rotatable bonds is 14. The molecule has 3 rings (SSSR count). The SMILES string of the molecule is CC(C)CC(N)C(=O)NC(C(=O)NC(Cc1cnc[nH]1)C(=O)NC(Cc1c[nH]c2ccccc12)C(=O)O)C(C)O. The highest BCUT2D eigenvalue weighted by Crippen LogP contribution is 2.19. The van der Waals surface area contributed by atoms with Gasteiger partial charge in [-0.1, -0.05) is 32.0 Å². The van der Waals surface area contributed by atoms with Gasteiger partial charge in [-0.05, 0) is 30.9 Å². The minimum absolute atomic E-state index is 0.00406. The standard InChI is InChI=1S/C27H37N7O6/c1-14(2)8-19(28)24(36)34-23(15(3)35)26(38)32-21(10-17-12-29-13-31-17)25(37)33-22(27(39)40)9-16-11-30-20-7-5-4-6-18(16)20/h4-7,11-15,19,21-23,30,35H,8-10,28H2,1-3H3,(H,29,31)(H,32,38)(H,33,37)(H,34,36)(H,39,40). The van der Waals surface area contributed by atoms with Crippen LogP contribution in [-0.4, -0.2) is 79.1 Å². The third-order valence-electron chi connectivity index (χ3n) is 6.45. The van der Waals surface area contributed by atoms with Crippen LogP contribution in [0.5, 0.6) is 0 Å². The molecule has 3 aromatic rings. The van der Waals surface area contributed by atoms with Gasteiger partial charge in [0.25, 0.3) is 0 Å². The second kappa shape index (κ2) is 13.7. The number of aromatic nitrogens is 3. The number of nitrogens with one attached hydrogen (secondary N) is 5. The van der Waals surface area contributed by atoms with E-state index in [0.29, 0.717) is 17.7 Å². The zero-order valence-electron chi connectivity index (χ0n) is 22.7. The molecule has 3 amide bonds. The number of aromatic amines is 2. The van der Waals surface area contributed by atoms with Gasteiger partial charge in [0.1, 0.15) is 18.1 Å². The van der Waals surface area contributed by atoms with Crippen LogP contribution >= 0.6 is 0 Å². The Morgan fingerprint density at radius 1 is 0.950 bits per heavy atom. The summed E-state index contributed by atoms with van der Waals surface area (Å²) in [5.74, 6) is -3.33. The lowest BCUT2D eigenvalue weighted by Crippen LogP contribution is -2.60. The molecule has 216 valence electrons. The van der Waals surface area contributed by atoms with Crippen molar-refractivity contribution in [1.29, 1.82) is 0 Å². The van der Waals surface area contributed by atoms with E-state index in [-0.39, 0.29) is 18.8 Å². The molecule has 0 aliphatic carbocycles. The molecular weight excluding hydrogens is 518 g/mol. The molecule has 1 aromatic carbocycles. The summed E-state index contributed by atoms with van der Waals surface area (Å²) in [5.41, 5.74) is 7.95. The summed E-state index contributed by atoms with van der Waals surface area (Å²) < 4.78 is 0. The summed E-state index contributed by atoms with van der Waals surface area (Å²) in [6.45, 7) is 5.12. The van der Waals surface area contributed by atoms with Crippen molar-refractivity contribution in [3.8, 4) is 0 Å². The summed E-state index contributed by atoms with van der Waals surface area (Å²) in [6, 6.07) is 2.55. The second-order valence-electron chi connectivity index (χ2n) is 10.3. The lowest BCUT2D eigenvalue weighted by molar-refractivity contribution is -0.142. The van der Waals surface area contributed by atoms with Crippen molar-refractivity contribution in [1.82, 2.24) is 30.9 Å². The van der Waals surface area contributed by atoms with Gasteiger partial charge in [0.2, 0.25) is 17.7 Å². The number of aliphatic hydroxyl groups excluding tert-OH is 1. The molecule has 0 bridgehead atoms. The summed E-state index contributed by atoms with van der Waals surface area (Å²) in [7, 11) is 0. The molecule has 5 atom stereocenters. The highest BCUT2D eigenvalue weighted by molar-refractivity contribution is 5.94. The summed E-state index contributed by atoms with van der Waals surface area (Å²) in [6.07, 6.45) is 3.57. The number of H-pyrrole nitrogens is 2. The van der Waals surface area contributed by atoms with E-state index >= 15 is 0 Å². The molecule has 2 heterocycles. The van der Waals surface area contributed by atoms with Crippen molar-refractivity contribution in [2.45, 2.75) is 70.3 Å². The minimum Gasteiger partial charge on any atom is -0.480 e. The number of benzene rings is 1. The molecule has 9 N–H and O–H groups in total. The number of carbonyl (C=O) groups is 4. The third-order valence-corrected chi connectivity index (χ3v) is 6.45. The number of amides is 3. The van der Waals surface area contributed by atoms with Gasteiger partial charge >= 0.3 is 5.97 Å². The number of carboxylic acid groups (broad SMARTS) is 1. The van der Waals surface area contributed by atoms with Gasteiger partial charge in [-0.15, -0.1) is 0 Å². The molecule has 0 radical (unpaired) electrons. The van der Waals surface area contributed by atoms with Crippen molar-refractivity contribution in [3.63, 3.8) is 0 Å². The Hall–Kier alpha value is -4.23. The number of nitrogens with zero attached hydrogens (tertiary/aromatic N) is 1. The van der Waals surface area contributed by atoms with E-state index in [2.05, 4.69) is 30.9 Å². The number of carboxylic acids is 1. The van der Waals surface area contributed by atoms with E-state index < -0.39 is 54.0 Å². The summed E-state index contributed by atoms with van der Waals surface area (Å²) in [5, 5.41) is 28.4. The van der Waals surface area contributed by atoms with E-state index in [1.165, 1.54) is 19.4 Å². The predicted molar refractivity (Wildman–Crippen MR) is 147 cm³/mol. The molecule has 0 saturated carbocycles. The molecule has 2 aromatic heterocycles. The quantitative estimate of drug-likeness (QED) is 0.135. The van der Waals surface area contributed by atoms with Crippen LogP contribution in [0.3, 0.4) is 0 Å². The van der Waals surface area contributed by atoms with Crippen molar-refractivity contribution in [2.24, 2.45) is 11.7 Å². The number of imidazole rings is 1. The molecule has 40 heavy (non-hydrogen) atoms. The zero-order chi connectivity index (χ0) is 29.4. The number of carbonyl (C=O) groups excluding carboxylic acids is 3. The van der Waals surface area contributed by atoms with Crippen LogP contribution in [0.15, 0.2) is 43.0 Å². The van der Waals surface area contributed by atoms with Crippen LogP contribution in [0.2, 0.25) is 0 Å². The first-order valence-electron chi connectivity index (χ1n) is 13.1. The highest BCUT2D eigenvalue weighted by atomic mass is 16.4. The Balaban J connectivity index is 1.77. The van der Waals surface area contributed by atoms with E-state index in [1.807, 2.05) is 38.1 Å². The Bertz CT molecular complexity index is 1300. The van der Waals surface area contributed by atoms with Crippen LogP contribution in [0.25, 0.3) is 10.9 Å². The lowest BCUT2D eigenvalue weighted by Gasteiger charge is -2.26. The lowest BCUT2D eigenvalue weighted by atomic mass is 10.0. The largest absolute Gasteiger partial charge is 0.480 e. The fraction of sp³-hybridized carbons (Fsp3) is 0.444.